The summed E-state index contributed by atoms with van der Waals surface area (Å²) in [5.41, 5.74) is 5.59. The minimum atomic E-state index is -0.502. The van der Waals surface area contributed by atoms with Gasteiger partial charge in [-0.2, -0.15) is 0 Å². The molecule has 0 aromatic carbocycles. The summed E-state index contributed by atoms with van der Waals surface area (Å²) in [7, 11) is 0. The van der Waals surface area contributed by atoms with Gasteiger partial charge < -0.3 is 10.6 Å². The molecule has 2 fully saturated rings. The zero-order chi connectivity index (χ0) is 11.1. The fraction of sp³-hybridized carbons (Fsp3) is 0.917. The number of carbonyl (C=O) groups excluding carboxylic acids is 1. The highest BCUT2D eigenvalue weighted by Crippen LogP contribution is 2.35. The molecule has 0 aromatic heterocycles. The average Bonchev–Trinajstić information content (AvgIpc) is 2.92. The summed E-state index contributed by atoms with van der Waals surface area (Å²) in [4.78, 5) is 14.3. The van der Waals surface area contributed by atoms with Crippen molar-refractivity contribution in [2.45, 2.75) is 57.5 Å². The molecule has 2 aliphatic rings. The molecular weight excluding hydrogens is 188 g/mol. The van der Waals surface area contributed by atoms with Crippen LogP contribution in [0.4, 0.5) is 0 Å². The first-order valence-electron chi connectivity index (χ1n) is 6.13. The third-order valence-corrected chi connectivity index (χ3v) is 3.48. The Morgan fingerprint density at radius 2 is 2.07 bits per heavy atom. The molecule has 0 unspecified atom stereocenters. The molecule has 0 aromatic rings. The van der Waals surface area contributed by atoms with Crippen molar-refractivity contribution in [3.05, 3.63) is 0 Å². The van der Waals surface area contributed by atoms with Crippen molar-refractivity contribution in [2.24, 2.45) is 11.7 Å². The monoisotopic (exact) mass is 210 g/mol. The van der Waals surface area contributed by atoms with E-state index in [0.29, 0.717) is 12.0 Å². The van der Waals surface area contributed by atoms with Crippen LogP contribution in [0.25, 0.3) is 0 Å². The molecule has 0 aliphatic heterocycles. The number of hydrogen-bond donors (Lipinski definition) is 1. The molecule has 2 rings (SSSR count). The normalized spacial score (nSPS) is 23.7. The van der Waals surface area contributed by atoms with Gasteiger partial charge in [-0.25, -0.2) is 0 Å². The Bertz CT molecular complexity index is 254. The highest BCUT2D eigenvalue weighted by Gasteiger charge is 2.46. The Kier molecular flexibility index (Phi) is 2.75. The van der Waals surface area contributed by atoms with Gasteiger partial charge in [0.2, 0.25) is 5.91 Å². The van der Waals surface area contributed by atoms with E-state index < -0.39 is 5.54 Å². The van der Waals surface area contributed by atoms with Crippen LogP contribution in [-0.4, -0.2) is 28.9 Å². The van der Waals surface area contributed by atoms with E-state index in [-0.39, 0.29) is 5.91 Å². The molecule has 3 nitrogen and oxygen atoms in total. The van der Waals surface area contributed by atoms with Gasteiger partial charge in [0.1, 0.15) is 0 Å². The summed E-state index contributed by atoms with van der Waals surface area (Å²) >= 11 is 0. The van der Waals surface area contributed by atoms with Gasteiger partial charge in [-0.1, -0.05) is 13.8 Å². The molecule has 2 N–H and O–H groups in total. The quantitative estimate of drug-likeness (QED) is 0.764. The van der Waals surface area contributed by atoms with Crippen LogP contribution in [-0.2, 0) is 4.79 Å². The van der Waals surface area contributed by atoms with E-state index in [0.717, 1.165) is 25.8 Å². The lowest BCUT2D eigenvalue weighted by Crippen LogP contribution is -2.60. The third kappa shape index (κ3) is 2.17. The molecule has 15 heavy (non-hydrogen) atoms. The van der Waals surface area contributed by atoms with E-state index in [4.69, 9.17) is 5.73 Å². The van der Waals surface area contributed by atoms with Crippen LogP contribution in [0.5, 0.6) is 0 Å². The van der Waals surface area contributed by atoms with Crippen molar-refractivity contribution in [3.8, 4) is 0 Å². The summed E-state index contributed by atoms with van der Waals surface area (Å²) < 4.78 is 0. The molecule has 0 bridgehead atoms. The minimum absolute atomic E-state index is 0.213. The average molecular weight is 210 g/mol. The Morgan fingerprint density at radius 3 is 2.40 bits per heavy atom. The lowest BCUT2D eigenvalue weighted by molar-refractivity contribution is -0.141. The summed E-state index contributed by atoms with van der Waals surface area (Å²) in [6.45, 7) is 5.20. The van der Waals surface area contributed by atoms with E-state index in [9.17, 15) is 4.79 Å². The van der Waals surface area contributed by atoms with Crippen LogP contribution in [0.1, 0.15) is 46.0 Å². The fourth-order valence-corrected chi connectivity index (χ4v) is 2.23. The zero-order valence-corrected chi connectivity index (χ0v) is 9.83. The molecular formula is C12H22N2O. The molecule has 0 spiro atoms. The molecule has 86 valence electrons. The van der Waals surface area contributed by atoms with Crippen molar-refractivity contribution in [1.29, 1.82) is 0 Å². The molecule has 0 saturated heterocycles. The number of nitrogens with two attached hydrogens (primary N) is 1. The van der Waals surface area contributed by atoms with E-state index >= 15 is 0 Å². The van der Waals surface area contributed by atoms with Crippen molar-refractivity contribution in [3.63, 3.8) is 0 Å². The maximum Gasteiger partial charge on any atom is 0.242 e. The number of rotatable bonds is 4. The fourth-order valence-electron chi connectivity index (χ4n) is 2.23. The Labute approximate surface area is 92.0 Å². The first-order valence-corrected chi connectivity index (χ1v) is 6.13. The van der Waals surface area contributed by atoms with Crippen molar-refractivity contribution >= 4 is 5.91 Å². The second-order valence-electron chi connectivity index (χ2n) is 5.59. The van der Waals surface area contributed by atoms with Crippen LogP contribution in [0, 0.1) is 5.92 Å². The van der Waals surface area contributed by atoms with Gasteiger partial charge in [0.15, 0.2) is 0 Å². The minimum Gasteiger partial charge on any atom is -0.338 e. The van der Waals surface area contributed by atoms with Crippen LogP contribution in [0.3, 0.4) is 0 Å². The molecule has 3 heteroatoms. The van der Waals surface area contributed by atoms with Crippen LogP contribution in [0.2, 0.25) is 0 Å². The van der Waals surface area contributed by atoms with Gasteiger partial charge in [-0.3, -0.25) is 4.79 Å². The van der Waals surface area contributed by atoms with E-state index in [1.165, 1.54) is 12.8 Å². The van der Waals surface area contributed by atoms with E-state index in [1.807, 2.05) is 4.90 Å². The molecule has 0 heterocycles. The summed E-state index contributed by atoms with van der Waals surface area (Å²) in [6.07, 6.45) is 5.23. The van der Waals surface area contributed by atoms with Crippen LogP contribution >= 0.6 is 0 Å². The number of nitrogens with zero attached hydrogens (tertiary/aromatic N) is 1. The van der Waals surface area contributed by atoms with Crippen LogP contribution < -0.4 is 5.73 Å². The summed E-state index contributed by atoms with van der Waals surface area (Å²) in [6, 6.07) is 0.501. The van der Waals surface area contributed by atoms with Gasteiger partial charge in [0.25, 0.3) is 0 Å². The Balaban J connectivity index is 2.00. The SMILES string of the molecule is CC(C)CN(C(=O)C1(N)CCC1)C1CC1. The Morgan fingerprint density at radius 1 is 1.47 bits per heavy atom. The maximum absolute atomic E-state index is 12.3. The number of hydrogen-bond acceptors (Lipinski definition) is 2. The highest BCUT2D eigenvalue weighted by molar-refractivity contribution is 5.87. The molecule has 2 aliphatic carbocycles. The number of amides is 1. The topological polar surface area (TPSA) is 46.3 Å². The largest absolute Gasteiger partial charge is 0.338 e. The Hall–Kier alpha value is -0.570. The molecule has 0 radical (unpaired) electrons. The first-order chi connectivity index (χ1) is 7.03. The predicted octanol–water partition coefficient (Wildman–Crippen LogP) is 1.51. The van der Waals surface area contributed by atoms with Gasteiger partial charge >= 0.3 is 0 Å². The second kappa shape index (κ2) is 3.78. The van der Waals surface area contributed by atoms with Crippen molar-refractivity contribution < 1.29 is 4.79 Å². The second-order valence-corrected chi connectivity index (χ2v) is 5.59. The van der Waals surface area contributed by atoms with E-state index in [2.05, 4.69) is 13.8 Å². The van der Waals surface area contributed by atoms with Gasteiger partial charge in [0, 0.05) is 12.6 Å². The summed E-state index contributed by atoms with van der Waals surface area (Å²) in [5.74, 6) is 0.753. The predicted molar refractivity (Wildman–Crippen MR) is 60.3 cm³/mol. The number of carbonyl (C=O) groups is 1. The van der Waals surface area contributed by atoms with Crippen molar-refractivity contribution in [2.75, 3.05) is 6.54 Å². The molecule has 0 atom stereocenters. The smallest absolute Gasteiger partial charge is 0.242 e. The highest BCUT2D eigenvalue weighted by atomic mass is 16.2. The van der Waals surface area contributed by atoms with Gasteiger partial charge in [-0.15, -0.1) is 0 Å². The summed E-state index contributed by atoms with van der Waals surface area (Å²) in [5, 5.41) is 0. The van der Waals surface area contributed by atoms with Gasteiger partial charge in [-0.05, 0) is 38.0 Å². The van der Waals surface area contributed by atoms with Crippen molar-refractivity contribution in [1.82, 2.24) is 4.90 Å². The lowest BCUT2D eigenvalue weighted by atomic mass is 9.76. The molecule has 2 saturated carbocycles. The first kappa shape index (κ1) is 10.9. The maximum atomic E-state index is 12.3. The zero-order valence-electron chi connectivity index (χ0n) is 9.83. The lowest BCUT2D eigenvalue weighted by Gasteiger charge is -2.41. The van der Waals surface area contributed by atoms with Gasteiger partial charge in [0.05, 0.1) is 5.54 Å². The third-order valence-electron chi connectivity index (χ3n) is 3.48. The molecule has 1 amide bonds. The van der Waals surface area contributed by atoms with Crippen LogP contribution in [0.15, 0.2) is 0 Å². The standard InChI is InChI=1S/C12H22N2O/c1-9(2)8-14(10-4-5-10)11(15)12(13)6-3-7-12/h9-10H,3-8,13H2,1-2H3. The van der Waals surface area contributed by atoms with E-state index in [1.54, 1.807) is 0 Å².